The fraction of sp³-hybridized carbons (Fsp3) is 0.316. The zero-order valence-electron chi connectivity index (χ0n) is 16.2. The molecule has 0 atom stereocenters. The van der Waals surface area contributed by atoms with Crippen molar-refractivity contribution in [2.75, 3.05) is 5.32 Å². The number of fused-ring (bicyclic) bond motifs is 1. The Hall–Kier alpha value is -2.78. The van der Waals surface area contributed by atoms with Crippen LogP contribution in [0.4, 0.5) is 5.69 Å². The van der Waals surface area contributed by atoms with Crippen molar-refractivity contribution in [3.05, 3.63) is 47.8 Å². The second-order valence-corrected chi connectivity index (χ2v) is 8.75. The molecule has 0 saturated carbocycles. The second kappa shape index (κ2) is 7.33. The average molecular weight is 401 g/mol. The molecule has 0 aliphatic carbocycles. The third-order valence-electron chi connectivity index (χ3n) is 4.35. The molecule has 2 heterocycles. The molecular formula is C19H23N5O3S. The molecule has 1 aromatic carbocycles. The number of sulfonamides is 1. The van der Waals surface area contributed by atoms with E-state index in [4.69, 9.17) is 5.14 Å². The van der Waals surface area contributed by atoms with Gasteiger partial charge < -0.3 is 5.32 Å². The summed E-state index contributed by atoms with van der Waals surface area (Å²) in [4.78, 5) is 17.6. The van der Waals surface area contributed by atoms with Crippen LogP contribution in [-0.4, -0.2) is 29.1 Å². The van der Waals surface area contributed by atoms with Crippen molar-refractivity contribution in [2.24, 2.45) is 5.14 Å². The van der Waals surface area contributed by atoms with Gasteiger partial charge in [0.15, 0.2) is 5.65 Å². The van der Waals surface area contributed by atoms with E-state index in [1.54, 1.807) is 16.9 Å². The first-order valence-corrected chi connectivity index (χ1v) is 10.4. The molecule has 0 aliphatic heterocycles. The number of anilines is 1. The van der Waals surface area contributed by atoms with Crippen LogP contribution < -0.4 is 10.5 Å². The Bertz CT molecular complexity index is 1130. The Labute approximate surface area is 163 Å². The number of nitrogens with zero attached hydrogens (tertiary/aromatic N) is 3. The van der Waals surface area contributed by atoms with E-state index < -0.39 is 10.0 Å². The van der Waals surface area contributed by atoms with Gasteiger partial charge in [-0.3, -0.25) is 4.79 Å². The number of hydrogen-bond acceptors (Lipinski definition) is 5. The van der Waals surface area contributed by atoms with Gasteiger partial charge in [0, 0.05) is 17.4 Å². The van der Waals surface area contributed by atoms with E-state index in [2.05, 4.69) is 15.4 Å². The molecule has 3 aromatic rings. The van der Waals surface area contributed by atoms with E-state index in [-0.39, 0.29) is 22.8 Å². The van der Waals surface area contributed by atoms with Gasteiger partial charge in [-0.25, -0.2) is 23.2 Å². The maximum Gasteiger partial charge on any atom is 0.256 e. The minimum Gasteiger partial charge on any atom is -0.322 e. The van der Waals surface area contributed by atoms with Crippen molar-refractivity contribution >= 4 is 32.7 Å². The van der Waals surface area contributed by atoms with E-state index in [0.29, 0.717) is 22.3 Å². The monoisotopic (exact) mass is 401 g/mol. The second-order valence-electron chi connectivity index (χ2n) is 7.19. The smallest absolute Gasteiger partial charge is 0.256 e. The van der Waals surface area contributed by atoms with Gasteiger partial charge in [0.2, 0.25) is 10.0 Å². The third-order valence-corrected chi connectivity index (χ3v) is 5.28. The van der Waals surface area contributed by atoms with E-state index in [1.165, 1.54) is 24.3 Å². The Kier molecular flexibility index (Phi) is 5.22. The molecule has 8 nitrogen and oxygen atoms in total. The summed E-state index contributed by atoms with van der Waals surface area (Å²) in [6.45, 7) is 8.03. The van der Waals surface area contributed by atoms with E-state index in [1.807, 2.05) is 27.7 Å². The van der Waals surface area contributed by atoms with Crippen LogP contribution in [0.15, 0.2) is 41.4 Å². The molecule has 0 spiro atoms. The number of nitrogens with one attached hydrogen (secondary N) is 1. The van der Waals surface area contributed by atoms with Crippen LogP contribution in [0.2, 0.25) is 0 Å². The number of amides is 1. The lowest BCUT2D eigenvalue weighted by atomic mass is 10.0. The molecule has 0 bridgehead atoms. The number of benzene rings is 1. The molecule has 0 aliphatic rings. The van der Waals surface area contributed by atoms with Crippen molar-refractivity contribution < 1.29 is 13.2 Å². The van der Waals surface area contributed by atoms with E-state index >= 15 is 0 Å². The first-order chi connectivity index (χ1) is 13.1. The topological polar surface area (TPSA) is 120 Å². The number of carbonyl (C=O) groups excluding carboxylic acids is 1. The number of aromatic nitrogens is 3. The summed E-state index contributed by atoms with van der Waals surface area (Å²) in [5, 5.41) is 12.9. The highest BCUT2D eigenvalue weighted by atomic mass is 32.2. The quantitative estimate of drug-likeness (QED) is 0.681. The number of primary sulfonamides is 1. The highest BCUT2D eigenvalue weighted by Crippen LogP contribution is 2.25. The Morgan fingerprint density at radius 1 is 1.14 bits per heavy atom. The van der Waals surface area contributed by atoms with Crippen molar-refractivity contribution in [1.82, 2.24) is 14.8 Å². The summed E-state index contributed by atoms with van der Waals surface area (Å²) in [5.74, 6) is -0.179. The highest BCUT2D eigenvalue weighted by Gasteiger charge is 2.19. The normalized spacial score (nSPS) is 12.1. The number of nitrogens with two attached hydrogens (primary N) is 1. The molecule has 0 radical (unpaired) electrons. The van der Waals surface area contributed by atoms with Crippen LogP contribution in [-0.2, 0) is 10.0 Å². The van der Waals surface area contributed by atoms with Gasteiger partial charge in [-0.15, -0.1) is 0 Å². The number of carbonyl (C=O) groups is 1. The number of hydrogen-bond donors (Lipinski definition) is 2. The fourth-order valence-corrected chi connectivity index (χ4v) is 3.34. The molecule has 28 heavy (non-hydrogen) atoms. The Morgan fingerprint density at radius 3 is 2.32 bits per heavy atom. The summed E-state index contributed by atoms with van der Waals surface area (Å²) in [6, 6.07) is 7.57. The lowest BCUT2D eigenvalue weighted by Crippen LogP contribution is -2.15. The van der Waals surface area contributed by atoms with Crippen molar-refractivity contribution in [1.29, 1.82) is 0 Å². The zero-order chi connectivity index (χ0) is 20.6. The van der Waals surface area contributed by atoms with E-state index in [0.717, 1.165) is 5.69 Å². The first kappa shape index (κ1) is 20.0. The fourth-order valence-electron chi connectivity index (χ4n) is 2.83. The standard InChI is InChI=1S/C19H23N5O3S/c1-11(2)17-9-15(16-10-21-24(12(3)4)18(16)23-17)19(25)22-13-5-7-14(8-6-13)28(20,26)27/h5-12H,1-4H3,(H,22,25)(H2,20,26,27). The van der Waals surface area contributed by atoms with Gasteiger partial charge in [0.25, 0.3) is 5.91 Å². The summed E-state index contributed by atoms with van der Waals surface area (Å²) in [6.07, 6.45) is 1.64. The van der Waals surface area contributed by atoms with Crippen LogP contribution in [0, 0.1) is 0 Å². The van der Waals surface area contributed by atoms with Gasteiger partial charge in [0.1, 0.15) is 0 Å². The molecule has 148 valence electrons. The first-order valence-electron chi connectivity index (χ1n) is 8.90. The lowest BCUT2D eigenvalue weighted by molar-refractivity contribution is 0.102. The van der Waals surface area contributed by atoms with Crippen LogP contribution in [0.3, 0.4) is 0 Å². The highest BCUT2D eigenvalue weighted by molar-refractivity contribution is 7.89. The Balaban J connectivity index is 2.01. The minimum absolute atomic E-state index is 0.0166. The van der Waals surface area contributed by atoms with Gasteiger partial charge in [-0.2, -0.15) is 5.10 Å². The summed E-state index contributed by atoms with van der Waals surface area (Å²) in [5.41, 5.74) is 2.39. The molecular weight excluding hydrogens is 378 g/mol. The predicted octanol–water partition coefficient (Wildman–Crippen LogP) is 3.04. The molecule has 0 unspecified atom stereocenters. The van der Waals surface area contributed by atoms with Crippen LogP contribution >= 0.6 is 0 Å². The van der Waals surface area contributed by atoms with Crippen molar-refractivity contribution in [3.8, 4) is 0 Å². The third kappa shape index (κ3) is 3.90. The van der Waals surface area contributed by atoms with Crippen LogP contribution in [0.25, 0.3) is 11.0 Å². The van der Waals surface area contributed by atoms with Crippen LogP contribution in [0.1, 0.15) is 55.7 Å². The molecule has 0 saturated heterocycles. The average Bonchev–Trinajstić information content (AvgIpc) is 3.04. The SMILES string of the molecule is CC(C)c1cc(C(=O)Nc2ccc(S(N)(=O)=O)cc2)c2cnn(C(C)C)c2n1. The maximum atomic E-state index is 12.9. The summed E-state index contributed by atoms with van der Waals surface area (Å²) >= 11 is 0. The maximum absolute atomic E-state index is 12.9. The Morgan fingerprint density at radius 2 is 1.79 bits per heavy atom. The van der Waals surface area contributed by atoms with Gasteiger partial charge in [0.05, 0.1) is 22.0 Å². The summed E-state index contributed by atoms with van der Waals surface area (Å²) < 4.78 is 24.5. The largest absolute Gasteiger partial charge is 0.322 e. The molecule has 9 heteroatoms. The zero-order valence-corrected chi connectivity index (χ0v) is 17.0. The molecule has 1 amide bonds. The van der Waals surface area contributed by atoms with Gasteiger partial charge in [-0.05, 0) is 50.1 Å². The molecule has 3 N–H and O–H groups in total. The number of pyridine rings is 1. The minimum atomic E-state index is -3.78. The molecule has 0 fully saturated rings. The van der Waals surface area contributed by atoms with Crippen molar-refractivity contribution in [2.45, 2.75) is 44.6 Å². The van der Waals surface area contributed by atoms with Crippen molar-refractivity contribution in [3.63, 3.8) is 0 Å². The summed E-state index contributed by atoms with van der Waals surface area (Å²) in [7, 11) is -3.78. The lowest BCUT2D eigenvalue weighted by Gasteiger charge is -2.12. The van der Waals surface area contributed by atoms with Gasteiger partial charge in [-0.1, -0.05) is 13.8 Å². The molecule has 2 aromatic heterocycles. The number of rotatable bonds is 5. The van der Waals surface area contributed by atoms with E-state index in [9.17, 15) is 13.2 Å². The van der Waals surface area contributed by atoms with Gasteiger partial charge >= 0.3 is 0 Å². The predicted molar refractivity (Wildman–Crippen MR) is 108 cm³/mol. The van der Waals surface area contributed by atoms with Crippen LogP contribution in [0.5, 0.6) is 0 Å². The molecule has 3 rings (SSSR count).